The van der Waals surface area contributed by atoms with Gasteiger partial charge in [-0.25, -0.2) is 0 Å². The number of fused-ring (bicyclic) bond motifs is 1. The summed E-state index contributed by atoms with van der Waals surface area (Å²) in [5.41, 5.74) is 2.83. The van der Waals surface area contributed by atoms with Crippen LogP contribution in [0.4, 0.5) is 0 Å². The van der Waals surface area contributed by atoms with Crippen LogP contribution in [0.1, 0.15) is 17.2 Å². The minimum Gasteiger partial charge on any atom is -0.497 e. The fraction of sp³-hybridized carbons (Fsp3) is 0.429. The molecule has 3 heteroatoms. The lowest BCUT2D eigenvalue weighted by Crippen LogP contribution is -2.29. The van der Waals surface area contributed by atoms with Crippen molar-refractivity contribution in [2.24, 2.45) is 11.8 Å². The van der Waals surface area contributed by atoms with Crippen molar-refractivity contribution < 1.29 is 4.74 Å². The van der Waals surface area contributed by atoms with Crippen molar-refractivity contribution >= 4 is 0 Å². The molecule has 0 saturated carbocycles. The van der Waals surface area contributed by atoms with Crippen LogP contribution >= 0.6 is 0 Å². The van der Waals surface area contributed by atoms with Gasteiger partial charge in [0.05, 0.1) is 7.11 Å². The summed E-state index contributed by atoms with van der Waals surface area (Å²) in [7, 11) is 3.99. The molecule has 126 valence electrons. The number of hydrogen-bond acceptors (Lipinski definition) is 3. The van der Waals surface area contributed by atoms with E-state index in [0.717, 1.165) is 24.1 Å². The molecule has 2 aromatic rings. The molecule has 2 aliphatic rings. The van der Waals surface area contributed by atoms with Crippen molar-refractivity contribution in [3.05, 3.63) is 65.7 Å². The minimum atomic E-state index is 0.506. The third kappa shape index (κ3) is 2.94. The summed E-state index contributed by atoms with van der Waals surface area (Å²) in [5.74, 6) is 2.45. The molecule has 2 saturated heterocycles. The molecular weight excluding hydrogens is 296 g/mol. The van der Waals surface area contributed by atoms with Crippen LogP contribution in [0.3, 0.4) is 0 Å². The maximum atomic E-state index is 5.34. The first-order valence-corrected chi connectivity index (χ1v) is 8.85. The van der Waals surface area contributed by atoms with Gasteiger partial charge in [-0.1, -0.05) is 42.5 Å². The summed E-state index contributed by atoms with van der Waals surface area (Å²) in [6, 6.07) is 20.1. The first-order chi connectivity index (χ1) is 11.7. The monoisotopic (exact) mass is 322 g/mol. The van der Waals surface area contributed by atoms with Crippen LogP contribution in [0.25, 0.3) is 0 Å². The number of likely N-dealkylation sites (tertiary alicyclic amines) is 2. The van der Waals surface area contributed by atoms with E-state index in [1.807, 2.05) is 0 Å². The molecule has 2 aromatic carbocycles. The minimum absolute atomic E-state index is 0.506. The van der Waals surface area contributed by atoms with Crippen LogP contribution in [-0.4, -0.2) is 43.6 Å². The van der Waals surface area contributed by atoms with Crippen molar-refractivity contribution in [1.82, 2.24) is 9.80 Å². The number of hydrogen-bond donors (Lipinski definition) is 0. The molecule has 0 N–H and O–H groups in total. The van der Waals surface area contributed by atoms with Gasteiger partial charge in [0.1, 0.15) is 5.75 Å². The van der Waals surface area contributed by atoms with Crippen molar-refractivity contribution in [1.29, 1.82) is 0 Å². The Kier molecular flexibility index (Phi) is 4.30. The lowest BCUT2D eigenvalue weighted by Gasteiger charge is -2.29. The summed E-state index contributed by atoms with van der Waals surface area (Å²) < 4.78 is 5.34. The highest BCUT2D eigenvalue weighted by Crippen LogP contribution is 2.45. The molecular formula is C21H26N2O. The van der Waals surface area contributed by atoms with Crippen molar-refractivity contribution in [3.63, 3.8) is 0 Å². The number of nitrogens with zero attached hydrogens (tertiary/aromatic N) is 2. The molecule has 2 aliphatic heterocycles. The molecule has 0 aliphatic carbocycles. The van der Waals surface area contributed by atoms with E-state index in [1.165, 1.54) is 30.8 Å². The Hall–Kier alpha value is -1.84. The van der Waals surface area contributed by atoms with Gasteiger partial charge in [0, 0.05) is 32.2 Å². The van der Waals surface area contributed by atoms with Gasteiger partial charge in [0.15, 0.2) is 0 Å². The fourth-order valence-corrected chi connectivity index (χ4v) is 4.60. The summed E-state index contributed by atoms with van der Waals surface area (Å²) in [5, 5.41) is 0. The van der Waals surface area contributed by atoms with Gasteiger partial charge >= 0.3 is 0 Å². The highest BCUT2D eigenvalue weighted by atomic mass is 16.5. The van der Waals surface area contributed by atoms with Crippen LogP contribution in [0.2, 0.25) is 0 Å². The van der Waals surface area contributed by atoms with Gasteiger partial charge in [-0.2, -0.15) is 0 Å². The Labute approximate surface area is 144 Å². The molecule has 2 heterocycles. The summed E-state index contributed by atoms with van der Waals surface area (Å²) >= 11 is 0. The van der Waals surface area contributed by atoms with E-state index in [2.05, 4.69) is 71.4 Å². The Morgan fingerprint density at radius 2 is 1.71 bits per heavy atom. The predicted octanol–water partition coefficient (Wildman–Crippen LogP) is 3.43. The van der Waals surface area contributed by atoms with E-state index in [0.29, 0.717) is 6.04 Å². The lowest BCUT2D eigenvalue weighted by molar-refractivity contribution is 0.199. The molecule has 3 atom stereocenters. The molecule has 0 spiro atoms. The quantitative estimate of drug-likeness (QED) is 0.858. The first-order valence-electron chi connectivity index (χ1n) is 8.85. The largest absolute Gasteiger partial charge is 0.497 e. The van der Waals surface area contributed by atoms with E-state index in [1.54, 1.807) is 7.11 Å². The molecule has 0 amide bonds. The molecule has 0 radical (unpaired) electrons. The molecule has 24 heavy (non-hydrogen) atoms. The Morgan fingerprint density at radius 3 is 2.42 bits per heavy atom. The smallest absolute Gasteiger partial charge is 0.118 e. The van der Waals surface area contributed by atoms with E-state index >= 15 is 0 Å². The second-order valence-electron chi connectivity index (χ2n) is 7.28. The Balaban J connectivity index is 1.62. The van der Waals surface area contributed by atoms with E-state index in [4.69, 9.17) is 4.74 Å². The second-order valence-corrected chi connectivity index (χ2v) is 7.28. The Morgan fingerprint density at radius 1 is 0.958 bits per heavy atom. The zero-order valence-corrected chi connectivity index (χ0v) is 14.6. The zero-order valence-electron chi connectivity index (χ0n) is 14.6. The number of rotatable bonds is 4. The van der Waals surface area contributed by atoms with Crippen LogP contribution in [0, 0.1) is 11.8 Å². The van der Waals surface area contributed by atoms with Crippen LogP contribution < -0.4 is 4.74 Å². The van der Waals surface area contributed by atoms with E-state index < -0.39 is 0 Å². The Bertz CT molecular complexity index is 670. The van der Waals surface area contributed by atoms with Crippen molar-refractivity contribution in [2.75, 3.05) is 33.8 Å². The van der Waals surface area contributed by atoms with Gasteiger partial charge in [0.25, 0.3) is 0 Å². The molecule has 3 nitrogen and oxygen atoms in total. The summed E-state index contributed by atoms with van der Waals surface area (Å²) in [6.45, 7) is 4.66. The standard InChI is InChI=1S/C21H26N2O/c1-22-13-18-14-23(12-16-6-4-3-5-7-16)21(20(18)15-22)17-8-10-19(24-2)11-9-17/h3-11,18,20-21H,12-15H2,1-2H3/t18-,20+,21-/m1/s1. The van der Waals surface area contributed by atoms with Crippen LogP contribution in [-0.2, 0) is 6.54 Å². The zero-order chi connectivity index (χ0) is 16.5. The third-order valence-electron chi connectivity index (χ3n) is 5.63. The summed E-state index contributed by atoms with van der Waals surface area (Å²) in [4.78, 5) is 5.17. The van der Waals surface area contributed by atoms with Crippen molar-refractivity contribution in [3.8, 4) is 5.75 Å². The van der Waals surface area contributed by atoms with Gasteiger partial charge in [-0.05, 0) is 42.1 Å². The topological polar surface area (TPSA) is 15.7 Å². The van der Waals surface area contributed by atoms with Crippen molar-refractivity contribution in [2.45, 2.75) is 12.6 Å². The van der Waals surface area contributed by atoms with Gasteiger partial charge in [-0.3, -0.25) is 4.90 Å². The van der Waals surface area contributed by atoms with Crippen LogP contribution in [0.5, 0.6) is 5.75 Å². The average Bonchev–Trinajstić information content (AvgIpc) is 3.11. The molecule has 4 rings (SSSR count). The van der Waals surface area contributed by atoms with Gasteiger partial charge in [0.2, 0.25) is 0 Å². The SMILES string of the molecule is COc1ccc([C@@H]2[C@H]3CN(C)C[C@@H]3CN2Cc2ccccc2)cc1. The molecule has 0 unspecified atom stereocenters. The number of ether oxygens (including phenoxy) is 1. The first kappa shape index (κ1) is 15.7. The highest BCUT2D eigenvalue weighted by Gasteiger charge is 2.46. The molecule has 0 bridgehead atoms. The van der Waals surface area contributed by atoms with Gasteiger partial charge < -0.3 is 9.64 Å². The average molecular weight is 322 g/mol. The molecule has 0 aromatic heterocycles. The van der Waals surface area contributed by atoms with E-state index in [9.17, 15) is 0 Å². The fourth-order valence-electron chi connectivity index (χ4n) is 4.60. The van der Waals surface area contributed by atoms with E-state index in [-0.39, 0.29) is 0 Å². The highest BCUT2D eigenvalue weighted by molar-refractivity contribution is 5.31. The van der Waals surface area contributed by atoms with Crippen LogP contribution in [0.15, 0.2) is 54.6 Å². The third-order valence-corrected chi connectivity index (χ3v) is 5.63. The van der Waals surface area contributed by atoms with Gasteiger partial charge in [-0.15, -0.1) is 0 Å². The number of benzene rings is 2. The predicted molar refractivity (Wildman–Crippen MR) is 97.1 cm³/mol. The maximum absolute atomic E-state index is 5.34. The second kappa shape index (κ2) is 6.58. The summed E-state index contributed by atoms with van der Waals surface area (Å²) in [6.07, 6.45) is 0. The number of methoxy groups -OCH3 is 1. The maximum Gasteiger partial charge on any atom is 0.118 e. The lowest BCUT2D eigenvalue weighted by atomic mass is 9.89. The molecule has 2 fully saturated rings. The normalized spacial score (nSPS) is 27.3.